The number of aliphatic carboxylic acids is 1. The summed E-state index contributed by atoms with van der Waals surface area (Å²) >= 11 is 1.33. The maximum absolute atomic E-state index is 11.9. The third-order valence-corrected chi connectivity index (χ3v) is 2.69. The number of carboxylic acids is 1. The molecule has 0 aromatic heterocycles. The van der Waals surface area contributed by atoms with Crippen LogP contribution in [-0.4, -0.2) is 52.4 Å². The Morgan fingerprint density at radius 1 is 1.47 bits per heavy atom. The minimum Gasteiger partial charge on any atom is -0.478 e. The molecule has 0 heterocycles. The van der Waals surface area contributed by atoms with E-state index in [1.807, 2.05) is 0 Å². The van der Waals surface area contributed by atoms with E-state index in [0.29, 0.717) is 11.8 Å². The minimum absolute atomic E-state index is 0.209. The molecule has 0 aliphatic carbocycles. The Labute approximate surface area is 115 Å². The number of likely N-dealkylation sites (N-methyl/N-ethyl adjacent to an activating group) is 1. The van der Waals surface area contributed by atoms with Crippen LogP contribution < -0.4 is 5.32 Å². The summed E-state index contributed by atoms with van der Waals surface area (Å²) in [5, 5.41) is 19.5. The van der Waals surface area contributed by atoms with Crippen LogP contribution in [0.3, 0.4) is 0 Å². The summed E-state index contributed by atoms with van der Waals surface area (Å²) in [7, 11) is 0. The molecule has 8 heteroatoms. The van der Waals surface area contributed by atoms with Gasteiger partial charge >= 0.3 is 5.97 Å². The first kappa shape index (κ1) is 17.0. The van der Waals surface area contributed by atoms with Crippen molar-refractivity contribution in [3.05, 3.63) is 12.2 Å². The van der Waals surface area contributed by atoms with Crippen LogP contribution in [0.1, 0.15) is 6.92 Å². The number of amides is 2. The molecule has 0 saturated carbocycles. The number of carbonyl (C=O) groups excluding carboxylic acids is 2. The van der Waals surface area contributed by atoms with Crippen LogP contribution in [0.25, 0.3) is 0 Å². The second-order valence-electron chi connectivity index (χ2n) is 3.37. The zero-order valence-electron chi connectivity index (χ0n) is 10.6. The van der Waals surface area contributed by atoms with Crippen molar-refractivity contribution in [1.29, 1.82) is 5.26 Å². The van der Waals surface area contributed by atoms with Gasteiger partial charge in [0.25, 0.3) is 5.91 Å². The third-order valence-electron chi connectivity index (χ3n) is 2.03. The Bertz CT molecular complexity index is 417. The van der Waals surface area contributed by atoms with Crippen LogP contribution in [0.5, 0.6) is 0 Å². The molecule has 104 valence electrons. The lowest BCUT2D eigenvalue weighted by Crippen LogP contribution is -2.48. The van der Waals surface area contributed by atoms with E-state index in [1.54, 1.807) is 19.4 Å². The Morgan fingerprint density at radius 2 is 2.11 bits per heavy atom. The van der Waals surface area contributed by atoms with Gasteiger partial charge < -0.3 is 10.4 Å². The second-order valence-corrected chi connectivity index (χ2v) is 4.28. The molecule has 1 atom stereocenters. The summed E-state index contributed by atoms with van der Waals surface area (Å²) in [4.78, 5) is 34.5. The molecule has 2 amide bonds. The summed E-state index contributed by atoms with van der Waals surface area (Å²) in [5.74, 6) is -2.17. The van der Waals surface area contributed by atoms with Crippen molar-refractivity contribution in [2.75, 3.05) is 18.6 Å². The van der Waals surface area contributed by atoms with Gasteiger partial charge in [0.1, 0.15) is 6.04 Å². The van der Waals surface area contributed by atoms with Crippen molar-refractivity contribution in [3.8, 4) is 6.19 Å². The maximum atomic E-state index is 11.9. The molecule has 0 aliphatic rings. The largest absolute Gasteiger partial charge is 0.478 e. The molecule has 0 bridgehead atoms. The first-order chi connectivity index (χ1) is 8.96. The van der Waals surface area contributed by atoms with E-state index in [-0.39, 0.29) is 6.54 Å². The molecular weight excluding hydrogens is 270 g/mol. The average Bonchev–Trinajstić information content (AvgIpc) is 2.37. The molecular formula is C11H15N3O4S. The quantitative estimate of drug-likeness (QED) is 0.381. The van der Waals surface area contributed by atoms with Gasteiger partial charge in [-0.2, -0.15) is 17.0 Å². The van der Waals surface area contributed by atoms with E-state index in [9.17, 15) is 14.4 Å². The molecule has 0 fully saturated rings. The number of carbonyl (C=O) groups is 3. The number of nitrogens with one attached hydrogen (secondary N) is 1. The van der Waals surface area contributed by atoms with Gasteiger partial charge in [-0.25, -0.2) is 9.69 Å². The maximum Gasteiger partial charge on any atom is 0.328 e. The fraction of sp³-hybridized carbons (Fsp3) is 0.455. The summed E-state index contributed by atoms with van der Waals surface area (Å²) in [5.41, 5.74) is 0. The van der Waals surface area contributed by atoms with Gasteiger partial charge in [-0.05, 0) is 13.2 Å². The van der Waals surface area contributed by atoms with Crippen molar-refractivity contribution < 1.29 is 19.5 Å². The highest BCUT2D eigenvalue weighted by molar-refractivity contribution is 7.98. The Balaban J connectivity index is 4.74. The van der Waals surface area contributed by atoms with Crippen LogP contribution in [0.4, 0.5) is 0 Å². The number of hydrogen-bond acceptors (Lipinski definition) is 5. The predicted molar refractivity (Wildman–Crippen MR) is 70.1 cm³/mol. The van der Waals surface area contributed by atoms with Crippen LogP contribution in [0, 0.1) is 11.5 Å². The monoisotopic (exact) mass is 285 g/mol. The van der Waals surface area contributed by atoms with E-state index in [2.05, 4.69) is 5.32 Å². The van der Waals surface area contributed by atoms with Crippen LogP contribution in [-0.2, 0) is 14.4 Å². The first-order valence-corrected chi connectivity index (χ1v) is 6.77. The molecule has 0 spiro atoms. The SMILES string of the molecule is CCN(C#N)C(=O)C(CSC)NC(=O)/C=C/C(=O)O. The zero-order valence-corrected chi connectivity index (χ0v) is 11.4. The van der Waals surface area contributed by atoms with Gasteiger partial charge in [-0.3, -0.25) is 9.59 Å². The standard InChI is InChI=1S/C11H15N3O4S/c1-3-14(7-12)11(18)8(6-19-2)13-9(15)4-5-10(16)17/h4-5,8H,3,6H2,1-2H3,(H,13,15)(H,16,17)/b5-4+. The molecule has 19 heavy (non-hydrogen) atoms. The summed E-state index contributed by atoms with van der Waals surface area (Å²) in [6, 6.07) is -0.861. The highest BCUT2D eigenvalue weighted by Crippen LogP contribution is 2.02. The van der Waals surface area contributed by atoms with E-state index < -0.39 is 23.8 Å². The zero-order chi connectivity index (χ0) is 14.8. The van der Waals surface area contributed by atoms with E-state index in [4.69, 9.17) is 10.4 Å². The molecule has 0 aliphatic heterocycles. The average molecular weight is 285 g/mol. The van der Waals surface area contributed by atoms with Crippen molar-refractivity contribution in [3.63, 3.8) is 0 Å². The molecule has 0 saturated heterocycles. The van der Waals surface area contributed by atoms with E-state index in [0.717, 1.165) is 11.0 Å². The predicted octanol–water partition coefficient (Wildman–Crippen LogP) is -0.195. The topological polar surface area (TPSA) is 111 Å². The Kier molecular flexibility index (Phi) is 8.04. The lowest BCUT2D eigenvalue weighted by atomic mass is 10.2. The van der Waals surface area contributed by atoms with Gasteiger partial charge in [0, 0.05) is 24.4 Å². The Morgan fingerprint density at radius 3 is 2.53 bits per heavy atom. The molecule has 0 aromatic rings. The number of nitriles is 1. The van der Waals surface area contributed by atoms with E-state index in [1.165, 1.54) is 11.8 Å². The highest BCUT2D eigenvalue weighted by Gasteiger charge is 2.24. The van der Waals surface area contributed by atoms with Crippen molar-refractivity contribution in [1.82, 2.24) is 10.2 Å². The molecule has 0 rings (SSSR count). The molecule has 1 unspecified atom stereocenters. The van der Waals surface area contributed by atoms with Gasteiger partial charge in [0.05, 0.1) is 0 Å². The normalized spacial score (nSPS) is 11.6. The molecule has 2 N–H and O–H groups in total. The number of rotatable bonds is 7. The van der Waals surface area contributed by atoms with Crippen molar-refractivity contribution in [2.45, 2.75) is 13.0 Å². The van der Waals surface area contributed by atoms with E-state index >= 15 is 0 Å². The van der Waals surface area contributed by atoms with Gasteiger partial charge in [0.2, 0.25) is 5.91 Å². The van der Waals surface area contributed by atoms with Crippen LogP contribution in [0.15, 0.2) is 12.2 Å². The third kappa shape index (κ3) is 6.47. The van der Waals surface area contributed by atoms with Crippen molar-refractivity contribution in [2.24, 2.45) is 0 Å². The van der Waals surface area contributed by atoms with Crippen LogP contribution >= 0.6 is 11.8 Å². The van der Waals surface area contributed by atoms with Gasteiger partial charge in [-0.1, -0.05) is 0 Å². The number of thioether (sulfide) groups is 1. The smallest absolute Gasteiger partial charge is 0.328 e. The fourth-order valence-corrected chi connectivity index (χ4v) is 1.73. The van der Waals surface area contributed by atoms with Gasteiger partial charge in [-0.15, -0.1) is 0 Å². The number of nitrogens with zero attached hydrogens (tertiary/aromatic N) is 2. The summed E-state index contributed by atoms with van der Waals surface area (Å²) in [6.07, 6.45) is 4.98. The summed E-state index contributed by atoms with van der Waals surface area (Å²) in [6.45, 7) is 1.85. The van der Waals surface area contributed by atoms with Crippen LogP contribution in [0.2, 0.25) is 0 Å². The molecule has 7 nitrogen and oxygen atoms in total. The Hall–Kier alpha value is -2.01. The highest BCUT2D eigenvalue weighted by atomic mass is 32.2. The molecule has 0 aromatic carbocycles. The summed E-state index contributed by atoms with van der Waals surface area (Å²) < 4.78 is 0. The minimum atomic E-state index is -1.25. The van der Waals surface area contributed by atoms with Crippen molar-refractivity contribution >= 4 is 29.5 Å². The lowest BCUT2D eigenvalue weighted by Gasteiger charge is -2.20. The number of carboxylic acid groups (broad SMARTS) is 1. The number of hydrogen-bond donors (Lipinski definition) is 2. The molecule has 0 radical (unpaired) electrons. The first-order valence-electron chi connectivity index (χ1n) is 5.37. The lowest BCUT2D eigenvalue weighted by molar-refractivity contribution is -0.132. The second kappa shape index (κ2) is 8.99. The fourth-order valence-electron chi connectivity index (χ4n) is 1.17. The van der Waals surface area contributed by atoms with Gasteiger partial charge in [0.15, 0.2) is 6.19 Å².